The molecule has 1 heterocycles. The Hall–Kier alpha value is 0.440. The van der Waals surface area contributed by atoms with Crippen molar-refractivity contribution in [3.63, 3.8) is 0 Å². The molecule has 1 aliphatic rings. The average Bonchev–Trinajstić information content (AvgIpc) is 2.07. The number of rotatable bonds is 4. The minimum Gasteiger partial charge on any atom is -0.381 e. The fourth-order valence-electron chi connectivity index (χ4n) is 1.56. The summed E-state index contributed by atoms with van der Waals surface area (Å²) in [4.78, 5) is 0. The highest BCUT2D eigenvalue weighted by Gasteiger charge is 2.12. The molecule has 0 aliphatic carbocycles. The summed E-state index contributed by atoms with van der Waals surface area (Å²) >= 11 is 3.44. The van der Waals surface area contributed by atoms with E-state index >= 15 is 0 Å². The Morgan fingerprint density at radius 3 is 2.91 bits per heavy atom. The van der Waals surface area contributed by atoms with E-state index in [-0.39, 0.29) is 0 Å². The molecule has 66 valence electrons. The first-order chi connectivity index (χ1) is 5.43. The zero-order valence-corrected chi connectivity index (χ0v) is 8.61. The van der Waals surface area contributed by atoms with E-state index in [1.54, 1.807) is 0 Å². The van der Waals surface area contributed by atoms with Crippen LogP contribution >= 0.6 is 15.9 Å². The van der Waals surface area contributed by atoms with Crippen LogP contribution in [0.25, 0.3) is 0 Å². The molecule has 0 radical (unpaired) electrons. The van der Waals surface area contributed by atoms with Gasteiger partial charge in [0.05, 0.1) is 0 Å². The van der Waals surface area contributed by atoms with E-state index in [0.717, 1.165) is 24.5 Å². The predicted molar refractivity (Wildman–Crippen MR) is 51.2 cm³/mol. The largest absolute Gasteiger partial charge is 0.381 e. The van der Waals surface area contributed by atoms with Gasteiger partial charge in [-0.3, -0.25) is 0 Å². The van der Waals surface area contributed by atoms with Gasteiger partial charge in [-0.25, -0.2) is 0 Å². The zero-order valence-electron chi connectivity index (χ0n) is 7.02. The monoisotopic (exact) mass is 220 g/mol. The quantitative estimate of drug-likeness (QED) is 0.523. The van der Waals surface area contributed by atoms with Crippen molar-refractivity contribution in [3.8, 4) is 0 Å². The Morgan fingerprint density at radius 1 is 1.36 bits per heavy atom. The van der Waals surface area contributed by atoms with Crippen LogP contribution in [0, 0.1) is 5.92 Å². The van der Waals surface area contributed by atoms with Crippen LogP contribution in [0.1, 0.15) is 32.1 Å². The highest BCUT2D eigenvalue weighted by molar-refractivity contribution is 9.09. The first kappa shape index (κ1) is 9.53. The first-order valence-corrected chi connectivity index (χ1v) is 5.69. The van der Waals surface area contributed by atoms with Crippen molar-refractivity contribution in [2.24, 2.45) is 5.92 Å². The SMILES string of the molecule is BrCCCCC1CCCOC1. The molecule has 1 saturated heterocycles. The molecular weight excluding hydrogens is 204 g/mol. The summed E-state index contributed by atoms with van der Waals surface area (Å²) in [6.45, 7) is 2.01. The maximum atomic E-state index is 5.40. The number of alkyl halides is 1. The molecule has 0 bridgehead atoms. The molecule has 1 unspecified atom stereocenters. The Kier molecular flexibility index (Phi) is 5.21. The molecular formula is C9H17BrO. The second kappa shape index (κ2) is 6.01. The predicted octanol–water partition coefficient (Wildman–Crippen LogP) is 2.98. The minimum absolute atomic E-state index is 0.864. The van der Waals surface area contributed by atoms with E-state index in [1.807, 2.05) is 0 Å². The van der Waals surface area contributed by atoms with Gasteiger partial charge in [0.25, 0.3) is 0 Å². The van der Waals surface area contributed by atoms with Crippen molar-refractivity contribution < 1.29 is 4.74 Å². The summed E-state index contributed by atoms with van der Waals surface area (Å²) in [5.41, 5.74) is 0. The topological polar surface area (TPSA) is 9.23 Å². The van der Waals surface area contributed by atoms with E-state index in [2.05, 4.69) is 15.9 Å². The van der Waals surface area contributed by atoms with E-state index in [9.17, 15) is 0 Å². The number of hydrogen-bond acceptors (Lipinski definition) is 1. The third-order valence-electron chi connectivity index (χ3n) is 2.25. The fourth-order valence-corrected chi connectivity index (χ4v) is 1.96. The first-order valence-electron chi connectivity index (χ1n) is 4.57. The van der Waals surface area contributed by atoms with Gasteiger partial charge in [-0.05, 0) is 31.6 Å². The van der Waals surface area contributed by atoms with Crippen molar-refractivity contribution >= 4 is 15.9 Å². The minimum atomic E-state index is 0.864. The smallest absolute Gasteiger partial charge is 0.0494 e. The molecule has 1 nitrogen and oxygen atoms in total. The normalized spacial score (nSPS) is 25.4. The van der Waals surface area contributed by atoms with Gasteiger partial charge in [-0.15, -0.1) is 0 Å². The molecule has 1 aliphatic heterocycles. The van der Waals surface area contributed by atoms with Gasteiger partial charge in [-0.1, -0.05) is 22.4 Å². The zero-order chi connectivity index (χ0) is 7.94. The second-order valence-corrected chi connectivity index (χ2v) is 4.06. The molecule has 0 N–H and O–H groups in total. The van der Waals surface area contributed by atoms with E-state index in [4.69, 9.17) is 4.74 Å². The lowest BCUT2D eigenvalue weighted by atomic mass is 9.96. The highest BCUT2D eigenvalue weighted by atomic mass is 79.9. The molecule has 1 rings (SSSR count). The van der Waals surface area contributed by atoms with E-state index in [0.29, 0.717) is 0 Å². The van der Waals surface area contributed by atoms with Crippen LogP contribution < -0.4 is 0 Å². The van der Waals surface area contributed by atoms with Crippen LogP contribution in [0.2, 0.25) is 0 Å². The number of halogens is 1. The molecule has 0 aromatic heterocycles. The van der Waals surface area contributed by atoms with Crippen molar-refractivity contribution in [2.75, 3.05) is 18.5 Å². The lowest BCUT2D eigenvalue weighted by Crippen LogP contribution is -2.16. The Bertz CT molecular complexity index is 89.6. The van der Waals surface area contributed by atoms with E-state index < -0.39 is 0 Å². The van der Waals surface area contributed by atoms with Crippen LogP contribution in [-0.4, -0.2) is 18.5 Å². The molecule has 0 aromatic rings. The van der Waals surface area contributed by atoms with Crippen molar-refractivity contribution in [3.05, 3.63) is 0 Å². The van der Waals surface area contributed by atoms with E-state index in [1.165, 1.54) is 32.1 Å². The van der Waals surface area contributed by atoms with Gasteiger partial charge in [0.2, 0.25) is 0 Å². The average molecular weight is 221 g/mol. The molecule has 0 spiro atoms. The Morgan fingerprint density at radius 2 is 2.27 bits per heavy atom. The summed E-state index contributed by atoms with van der Waals surface area (Å²) in [5, 5.41) is 1.15. The molecule has 0 saturated carbocycles. The number of unbranched alkanes of at least 4 members (excludes halogenated alkanes) is 1. The third-order valence-corrected chi connectivity index (χ3v) is 2.81. The number of hydrogen-bond donors (Lipinski definition) is 0. The van der Waals surface area contributed by atoms with Crippen molar-refractivity contribution in [1.82, 2.24) is 0 Å². The second-order valence-electron chi connectivity index (χ2n) is 3.27. The van der Waals surface area contributed by atoms with Crippen LogP contribution in [0.4, 0.5) is 0 Å². The van der Waals surface area contributed by atoms with Crippen LogP contribution in [0.15, 0.2) is 0 Å². The standard InChI is InChI=1S/C9H17BrO/c10-6-2-1-4-9-5-3-7-11-8-9/h9H,1-8H2. The number of ether oxygens (including phenoxy) is 1. The summed E-state index contributed by atoms with van der Waals surface area (Å²) in [7, 11) is 0. The lowest BCUT2D eigenvalue weighted by Gasteiger charge is -2.21. The van der Waals surface area contributed by atoms with Crippen LogP contribution in [0.5, 0.6) is 0 Å². The highest BCUT2D eigenvalue weighted by Crippen LogP contribution is 2.19. The molecule has 0 amide bonds. The third kappa shape index (κ3) is 4.12. The van der Waals surface area contributed by atoms with Gasteiger partial charge in [-0.2, -0.15) is 0 Å². The van der Waals surface area contributed by atoms with Gasteiger partial charge in [0.1, 0.15) is 0 Å². The summed E-state index contributed by atoms with van der Waals surface area (Å²) in [5.74, 6) is 0.864. The van der Waals surface area contributed by atoms with Gasteiger partial charge < -0.3 is 4.74 Å². The molecule has 1 atom stereocenters. The summed E-state index contributed by atoms with van der Waals surface area (Å²) < 4.78 is 5.40. The van der Waals surface area contributed by atoms with Gasteiger partial charge in [0, 0.05) is 18.5 Å². The molecule has 0 aromatic carbocycles. The maximum absolute atomic E-state index is 5.40. The Labute approximate surface area is 77.6 Å². The van der Waals surface area contributed by atoms with Gasteiger partial charge >= 0.3 is 0 Å². The summed E-state index contributed by atoms with van der Waals surface area (Å²) in [6, 6.07) is 0. The fraction of sp³-hybridized carbons (Fsp3) is 1.00. The molecule has 11 heavy (non-hydrogen) atoms. The summed E-state index contributed by atoms with van der Waals surface area (Å²) in [6.07, 6.45) is 6.71. The molecule has 2 heteroatoms. The Balaban J connectivity index is 1.96. The van der Waals surface area contributed by atoms with Crippen molar-refractivity contribution in [1.29, 1.82) is 0 Å². The van der Waals surface area contributed by atoms with Crippen molar-refractivity contribution in [2.45, 2.75) is 32.1 Å². The van der Waals surface area contributed by atoms with Gasteiger partial charge in [0.15, 0.2) is 0 Å². The maximum Gasteiger partial charge on any atom is 0.0494 e. The lowest BCUT2D eigenvalue weighted by molar-refractivity contribution is 0.0509. The van der Waals surface area contributed by atoms with Crippen LogP contribution in [0.3, 0.4) is 0 Å². The molecule has 1 fully saturated rings. The van der Waals surface area contributed by atoms with Crippen LogP contribution in [-0.2, 0) is 4.74 Å².